The van der Waals surface area contributed by atoms with Gasteiger partial charge in [0.1, 0.15) is 0 Å². The van der Waals surface area contributed by atoms with Gasteiger partial charge < -0.3 is 21.7 Å². The molecule has 47 heavy (non-hydrogen) atoms. The second-order valence-corrected chi connectivity index (χ2v) is 19.0. The standard InChI is InChI=1S/C42H79N5/c1-20-23-40(17,30-43)39(15,16)42(19,35(7)46-25-22-33(5)47-26-31(2)3)29-37(11,12)28-38(13,14)41(18,27-36(8,9)10)34(6)45-24-21-32(4)44/h31,45-47H,4-7,20-29,44H2,1-3,8-19H3. The molecule has 0 fully saturated rings. The fraction of sp³-hybridized carbons (Fsp3) is 0.786. The number of allylic oxidation sites excluding steroid dienone is 2. The van der Waals surface area contributed by atoms with E-state index in [9.17, 15) is 5.26 Å². The van der Waals surface area contributed by atoms with Crippen LogP contribution in [0, 0.1) is 55.2 Å². The number of nitriles is 1. The minimum atomic E-state index is -0.527. The van der Waals surface area contributed by atoms with Crippen molar-refractivity contribution in [3.63, 3.8) is 0 Å². The van der Waals surface area contributed by atoms with E-state index in [-0.39, 0.29) is 32.5 Å². The Labute approximate surface area is 293 Å². The molecule has 0 spiro atoms. The highest BCUT2D eigenvalue weighted by molar-refractivity contribution is 5.22. The molecule has 0 bridgehead atoms. The lowest BCUT2D eigenvalue weighted by atomic mass is 9.47. The Morgan fingerprint density at radius 3 is 1.64 bits per heavy atom. The molecule has 0 saturated heterocycles. The summed E-state index contributed by atoms with van der Waals surface area (Å²) in [6, 6.07) is 2.78. The van der Waals surface area contributed by atoms with E-state index in [2.05, 4.69) is 146 Å². The van der Waals surface area contributed by atoms with Crippen molar-refractivity contribution in [2.24, 2.45) is 49.6 Å². The monoisotopic (exact) mass is 654 g/mol. The maximum absolute atomic E-state index is 10.7. The molecule has 5 nitrogen and oxygen atoms in total. The van der Waals surface area contributed by atoms with E-state index in [1.807, 2.05) is 0 Å². The zero-order valence-electron chi connectivity index (χ0n) is 34.0. The molecule has 0 aliphatic carbocycles. The van der Waals surface area contributed by atoms with Crippen LogP contribution in [0.4, 0.5) is 0 Å². The highest BCUT2D eigenvalue weighted by atomic mass is 14.9. The molecule has 0 radical (unpaired) electrons. The van der Waals surface area contributed by atoms with Gasteiger partial charge in [0.25, 0.3) is 0 Å². The summed E-state index contributed by atoms with van der Waals surface area (Å²) < 4.78 is 0. The van der Waals surface area contributed by atoms with Gasteiger partial charge in [0.2, 0.25) is 0 Å². The predicted molar refractivity (Wildman–Crippen MR) is 208 cm³/mol. The average molecular weight is 654 g/mol. The molecule has 5 heteroatoms. The van der Waals surface area contributed by atoms with E-state index in [4.69, 9.17) is 12.3 Å². The molecule has 272 valence electrons. The molecule has 0 aromatic heterocycles. The molecule has 0 aromatic rings. The smallest absolute Gasteiger partial charge is 0.0692 e. The van der Waals surface area contributed by atoms with E-state index >= 15 is 0 Å². The van der Waals surface area contributed by atoms with Crippen LogP contribution < -0.4 is 21.7 Å². The number of nitrogens with two attached hydrogens (primary N) is 1. The summed E-state index contributed by atoms with van der Waals surface area (Å²) in [4.78, 5) is 0. The lowest BCUT2D eigenvalue weighted by Gasteiger charge is -2.57. The minimum Gasteiger partial charge on any atom is -0.402 e. The zero-order chi connectivity index (χ0) is 37.3. The molecule has 3 unspecified atom stereocenters. The van der Waals surface area contributed by atoms with Crippen molar-refractivity contribution in [3.05, 3.63) is 49.1 Å². The second-order valence-electron chi connectivity index (χ2n) is 19.0. The van der Waals surface area contributed by atoms with Gasteiger partial charge in [0, 0.05) is 66.1 Å². The van der Waals surface area contributed by atoms with Crippen LogP contribution in [0.5, 0.6) is 0 Å². The third kappa shape index (κ3) is 12.2. The fourth-order valence-corrected chi connectivity index (χ4v) is 8.11. The van der Waals surface area contributed by atoms with Gasteiger partial charge in [0.05, 0.1) is 11.5 Å². The zero-order valence-corrected chi connectivity index (χ0v) is 34.0. The van der Waals surface area contributed by atoms with Crippen molar-refractivity contribution in [1.82, 2.24) is 16.0 Å². The van der Waals surface area contributed by atoms with Crippen molar-refractivity contribution in [2.45, 2.75) is 149 Å². The van der Waals surface area contributed by atoms with Gasteiger partial charge in [-0.15, -0.1) is 0 Å². The summed E-state index contributed by atoms with van der Waals surface area (Å²) >= 11 is 0. The van der Waals surface area contributed by atoms with E-state index < -0.39 is 5.41 Å². The van der Waals surface area contributed by atoms with Crippen molar-refractivity contribution in [1.29, 1.82) is 5.26 Å². The largest absolute Gasteiger partial charge is 0.402 e. The molecule has 0 heterocycles. The molecule has 5 N–H and O–H groups in total. The number of nitrogens with one attached hydrogen (secondary N) is 3. The van der Waals surface area contributed by atoms with Crippen molar-refractivity contribution < 1.29 is 0 Å². The molecule has 0 aromatic carbocycles. The van der Waals surface area contributed by atoms with Crippen LogP contribution in [0.15, 0.2) is 49.1 Å². The molecule has 0 rings (SSSR count). The quantitative estimate of drug-likeness (QED) is 0.0881. The van der Waals surface area contributed by atoms with Gasteiger partial charge >= 0.3 is 0 Å². The van der Waals surface area contributed by atoms with Crippen LogP contribution in [0.2, 0.25) is 0 Å². The van der Waals surface area contributed by atoms with Crippen molar-refractivity contribution >= 4 is 0 Å². The molecule has 3 atom stereocenters. The summed E-state index contributed by atoms with van der Waals surface area (Å²) in [5.41, 5.74) is 8.15. The SMILES string of the molecule is C=C(N)CCNC(=C)C(C)(CC(C)(C)C)C(C)(C)CC(C)(C)CC(C)(C(=C)NCCC(=C)NCC(C)C)C(C)(C)C(C)(C#N)CCC. The van der Waals surface area contributed by atoms with Gasteiger partial charge in [-0.1, -0.05) is 130 Å². The van der Waals surface area contributed by atoms with Crippen LogP contribution in [0.1, 0.15) is 149 Å². The maximum Gasteiger partial charge on any atom is 0.0692 e. The third-order valence-electron chi connectivity index (χ3n) is 11.5. The van der Waals surface area contributed by atoms with E-state index in [1.54, 1.807) is 0 Å². The number of nitrogens with zero attached hydrogens (tertiary/aromatic N) is 1. The topological polar surface area (TPSA) is 85.9 Å². The molecule has 0 aliphatic rings. The van der Waals surface area contributed by atoms with Gasteiger partial charge in [-0.25, -0.2) is 0 Å². The molecular weight excluding hydrogens is 574 g/mol. The lowest BCUT2D eigenvalue weighted by molar-refractivity contribution is -0.0412. The predicted octanol–water partition coefficient (Wildman–Crippen LogP) is 10.8. The van der Waals surface area contributed by atoms with Crippen molar-refractivity contribution in [3.8, 4) is 6.07 Å². The summed E-state index contributed by atoms with van der Waals surface area (Å²) in [6.07, 6.45) is 6.19. The number of hydrogen-bond donors (Lipinski definition) is 4. The Morgan fingerprint density at radius 2 is 1.21 bits per heavy atom. The van der Waals surface area contributed by atoms with Crippen molar-refractivity contribution in [2.75, 3.05) is 19.6 Å². The minimum absolute atomic E-state index is 0.0872. The van der Waals surface area contributed by atoms with Gasteiger partial charge in [-0.3, -0.25) is 0 Å². The van der Waals surface area contributed by atoms with Crippen LogP contribution >= 0.6 is 0 Å². The first-order chi connectivity index (χ1) is 21.1. The summed E-state index contributed by atoms with van der Waals surface area (Å²) in [5.74, 6) is 0.566. The molecule has 0 saturated carbocycles. The number of rotatable bonds is 23. The highest BCUT2D eigenvalue weighted by Crippen LogP contribution is 2.62. The van der Waals surface area contributed by atoms with E-state index in [0.29, 0.717) is 11.6 Å². The van der Waals surface area contributed by atoms with Crippen LogP contribution in [-0.4, -0.2) is 19.6 Å². The van der Waals surface area contributed by atoms with E-state index in [0.717, 1.165) is 81.7 Å². The highest BCUT2D eigenvalue weighted by Gasteiger charge is 2.57. The second kappa shape index (κ2) is 16.8. The first-order valence-corrected chi connectivity index (χ1v) is 18.2. The summed E-state index contributed by atoms with van der Waals surface area (Å²) in [5, 5.41) is 21.5. The Morgan fingerprint density at radius 1 is 0.723 bits per heavy atom. The molecule has 0 amide bonds. The maximum atomic E-state index is 10.7. The average Bonchev–Trinajstić information content (AvgIpc) is 2.89. The van der Waals surface area contributed by atoms with Crippen LogP contribution in [0.25, 0.3) is 0 Å². The Bertz CT molecular complexity index is 1110. The van der Waals surface area contributed by atoms with Crippen LogP contribution in [0.3, 0.4) is 0 Å². The summed E-state index contributed by atoms with van der Waals surface area (Å²) in [6.45, 7) is 54.6. The first-order valence-electron chi connectivity index (χ1n) is 18.2. The third-order valence-corrected chi connectivity index (χ3v) is 11.5. The van der Waals surface area contributed by atoms with Gasteiger partial charge in [-0.05, 0) is 60.2 Å². The van der Waals surface area contributed by atoms with E-state index in [1.165, 1.54) is 0 Å². The molecular formula is C42H79N5. The normalized spacial score (nSPS) is 16.7. The first kappa shape index (κ1) is 44.6. The lowest BCUT2D eigenvalue weighted by Crippen LogP contribution is -2.52. The molecule has 0 aliphatic heterocycles. The van der Waals surface area contributed by atoms with Gasteiger partial charge in [0.15, 0.2) is 0 Å². The number of hydrogen-bond acceptors (Lipinski definition) is 5. The van der Waals surface area contributed by atoms with Gasteiger partial charge in [-0.2, -0.15) is 5.26 Å². The fourth-order valence-electron chi connectivity index (χ4n) is 8.11. The Hall–Kier alpha value is -2.35. The van der Waals surface area contributed by atoms with Crippen LogP contribution in [-0.2, 0) is 0 Å². The summed E-state index contributed by atoms with van der Waals surface area (Å²) in [7, 11) is 0. The Kier molecular flexibility index (Phi) is 16.0. The Balaban J connectivity index is 6.71.